The molecule has 0 unspecified atom stereocenters. The highest BCUT2D eigenvalue weighted by molar-refractivity contribution is 7.89. The van der Waals surface area contributed by atoms with Gasteiger partial charge in [-0.15, -0.1) is 0 Å². The molecule has 0 bridgehead atoms. The first kappa shape index (κ1) is 24.3. The largest absolute Gasteiger partial charge is 0.310 e. The minimum atomic E-state index is -3.65. The van der Waals surface area contributed by atoms with Crippen LogP contribution in [-0.2, 0) is 26.0 Å². The molecule has 2 N–H and O–H groups in total. The number of sulfonamides is 1. The Labute approximate surface area is 201 Å². The Hall–Kier alpha value is -2.78. The summed E-state index contributed by atoms with van der Waals surface area (Å²) >= 11 is 0. The lowest BCUT2D eigenvalue weighted by Gasteiger charge is -2.27. The number of rotatable bonds is 6. The molecule has 9 heteroatoms. The smallest absolute Gasteiger partial charge is 0.240 e. The second kappa shape index (κ2) is 9.84. The lowest BCUT2D eigenvalue weighted by atomic mass is 9.81. The predicted octanol–water partition coefficient (Wildman–Crippen LogP) is 3.41. The van der Waals surface area contributed by atoms with Crippen molar-refractivity contribution in [1.82, 2.24) is 9.71 Å². The zero-order valence-electron chi connectivity index (χ0n) is 19.9. The van der Waals surface area contributed by atoms with Crippen LogP contribution in [0.15, 0.2) is 41.3 Å². The maximum Gasteiger partial charge on any atom is 0.240 e. The summed E-state index contributed by atoms with van der Waals surface area (Å²) in [4.78, 5) is 30.8. The van der Waals surface area contributed by atoms with E-state index in [1.54, 1.807) is 29.2 Å². The molecule has 0 saturated heterocycles. The fourth-order valence-electron chi connectivity index (χ4n) is 5.04. The molecule has 8 nitrogen and oxygen atoms in total. The molecule has 2 aromatic rings. The Kier molecular flexibility index (Phi) is 7.04. The van der Waals surface area contributed by atoms with Gasteiger partial charge >= 0.3 is 0 Å². The molecular formula is C25H32N4O4S. The molecule has 2 heterocycles. The van der Waals surface area contributed by atoms with Gasteiger partial charge in [-0.2, -0.15) is 0 Å². The molecule has 1 aliphatic carbocycles. The quantitative estimate of drug-likeness (QED) is 0.653. The number of hydrogen-bond donors (Lipinski definition) is 2. The number of fused-ring (bicyclic) bond motifs is 1. The van der Waals surface area contributed by atoms with Gasteiger partial charge in [0, 0.05) is 36.8 Å². The van der Waals surface area contributed by atoms with Crippen LogP contribution in [0.1, 0.15) is 50.8 Å². The van der Waals surface area contributed by atoms with E-state index in [-0.39, 0.29) is 34.6 Å². The number of carbonyl (C=O) groups excluding carboxylic acids is 2. The number of nitrogens with zero attached hydrogens (tertiary/aromatic N) is 2. The number of hydrogen-bond acceptors (Lipinski definition) is 5. The van der Waals surface area contributed by atoms with E-state index in [1.165, 1.54) is 6.92 Å². The van der Waals surface area contributed by atoms with Crippen molar-refractivity contribution in [3.05, 3.63) is 47.7 Å². The summed E-state index contributed by atoms with van der Waals surface area (Å²) in [7, 11) is -3.65. The normalized spacial score (nSPS) is 22.3. The van der Waals surface area contributed by atoms with Crippen molar-refractivity contribution in [1.29, 1.82) is 0 Å². The van der Waals surface area contributed by atoms with Gasteiger partial charge in [0.15, 0.2) is 0 Å². The Morgan fingerprint density at radius 1 is 1.12 bits per heavy atom. The van der Waals surface area contributed by atoms with Crippen molar-refractivity contribution in [2.45, 2.75) is 63.8 Å². The molecule has 1 aromatic heterocycles. The van der Waals surface area contributed by atoms with Gasteiger partial charge in [0.2, 0.25) is 21.8 Å². The average molecular weight is 485 g/mol. The Bertz CT molecular complexity index is 1190. The van der Waals surface area contributed by atoms with Crippen molar-refractivity contribution in [2.75, 3.05) is 16.8 Å². The predicted molar refractivity (Wildman–Crippen MR) is 131 cm³/mol. The first-order chi connectivity index (χ1) is 16.1. The van der Waals surface area contributed by atoms with Crippen LogP contribution in [0, 0.1) is 18.8 Å². The molecule has 1 atom stereocenters. The molecule has 182 valence electrons. The molecule has 34 heavy (non-hydrogen) atoms. The maximum atomic E-state index is 12.9. The highest BCUT2D eigenvalue weighted by atomic mass is 32.2. The number of pyridine rings is 1. The summed E-state index contributed by atoms with van der Waals surface area (Å²) in [6.45, 7) is 5.71. The lowest BCUT2D eigenvalue weighted by molar-refractivity contribution is -0.121. The molecule has 4 rings (SSSR count). The number of aryl methyl sites for hydroxylation is 1. The number of aromatic nitrogens is 1. The third-order valence-corrected chi connectivity index (χ3v) is 8.26. The van der Waals surface area contributed by atoms with Crippen LogP contribution < -0.4 is 14.9 Å². The first-order valence-corrected chi connectivity index (χ1v) is 13.3. The van der Waals surface area contributed by atoms with Gasteiger partial charge in [-0.3, -0.25) is 9.59 Å². The lowest BCUT2D eigenvalue weighted by Crippen LogP contribution is -2.34. The third kappa shape index (κ3) is 5.31. The maximum absolute atomic E-state index is 12.9. The van der Waals surface area contributed by atoms with Crippen molar-refractivity contribution in [3.8, 4) is 0 Å². The van der Waals surface area contributed by atoms with Gasteiger partial charge in [-0.05, 0) is 87.8 Å². The van der Waals surface area contributed by atoms with Crippen LogP contribution in [0.3, 0.4) is 0 Å². The first-order valence-electron chi connectivity index (χ1n) is 11.8. The van der Waals surface area contributed by atoms with E-state index in [4.69, 9.17) is 0 Å². The molecule has 0 radical (unpaired) electrons. The summed E-state index contributed by atoms with van der Waals surface area (Å²) in [6, 6.07) is 10.5. The third-order valence-electron chi connectivity index (χ3n) is 6.84. The van der Waals surface area contributed by atoms with E-state index in [2.05, 4.69) is 15.0 Å². The number of anilines is 2. The average Bonchev–Trinajstić information content (AvgIpc) is 3.13. The van der Waals surface area contributed by atoms with Gasteiger partial charge in [0.1, 0.15) is 5.82 Å². The van der Waals surface area contributed by atoms with Crippen molar-refractivity contribution >= 4 is 33.3 Å². The molecule has 1 aliphatic heterocycles. The van der Waals surface area contributed by atoms with Gasteiger partial charge in [-0.25, -0.2) is 18.1 Å². The van der Waals surface area contributed by atoms with Crippen molar-refractivity contribution in [3.63, 3.8) is 0 Å². The van der Waals surface area contributed by atoms with E-state index >= 15 is 0 Å². The standard InChI is InChI=1S/C25H32N4O4S/c1-16-5-4-6-24(27-16)28-25(31)20-9-7-19(8-10-20)15-26-34(32,33)22-11-12-23-21(14-22)13-17(2)29(23)18(3)30/h4-6,11-12,14,17,19-20,26H,7-10,13,15H2,1-3H3,(H,27,28,31)/t17-,19?,20?/m0/s1. The van der Waals surface area contributed by atoms with Crippen molar-refractivity contribution < 1.29 is 18.0 Å². The van der Waals surface area contributed by atoms with E-state index < -0.39 is 10.0 Å². The summed E-state index contributed by atoms with van der Waals surface area (Å²) in [6.07, 6.45) is 3.67. The molecule has 1 saturated carbocycles. The highest BCUT2D eigenvalue weighted by Gasteiger charge is 2.31. The molecule has 2 amide bonds. The van der Waals surface area contributed by atoms with Crippen LogP contribution in [0.4, 0.5) is 11.5 Å². The van der Waals surface area contributed by atoms with Crippen LogP contribution in [0.5, 0.6) is 0 Å². The zero-order valence-corrected chi connectivity index (χ0v) is 20.7. The molecular weight excluding hydrogens is 452 g/mol. The monoisotopic (exact) mass is 484 g/mol. The summed E-state index contributed by atoms with van der Waals surface area (Å²) in [5, 5.41) is 2.89. The fraction of sp³-hybridized carbons (Fsp3) is 0.480. The van der Waals surface area contributed by atoms with E-state index in [9.17, 15) is 18.0 Å². The SMILES string of the molecule is CC(=O)N1c2ccc(S(=O)(=O)NCC3CCC(C(=O)Nc4cccc(C)n4)CC3)cc2C[C@@H]1C. The van der Waals surface area contributed by atoms with Crippen molar-refractivity contribution in [2.24, 2.45) is 11.8 Å². The molecule has 2 aliphatic rings. The fourth-order valence-corrected chi connectivity index (χ4v) is 6.20. The Morgan fingerprint density at radius 2 is 1.85 bits per heavy atom. The van der Waals surface area contributed by atoms with Gasteiger partial charge < -0.3 is 10.2 Å². The topological polar surface area (TPSA) is 108 Å². The van der Waals surface area contributed by atoms with E-state index in [0.29, 0.717) is 18.8 Å². The van der Waals surface area contributed by atoms with E-state index in [0.717, 1.165) is 42.6 Å². The van der Waals surface area contributed by atoms with Gasteiger partial charge in [0.05, 0.1) is 4.90 Å². The van der Waals surface area contributed by atoms with Crippen LogP contribution in [0.25, 0.3) is 0 Å². The summed E-state index contributed by atoms with van der Waals surface area (Å²) < 4.78 is 28.6. The Balaban J connectivity index is 1.30. The summed E-state index contributed by atoms with van der Waals surface area (Å²) in [5.74, 6) is 0.607. The number of nitrogens with one attached hydrogen (secondary N) is 2. The van der Waals surface area contributed by atoms with Gasteiger partial charge in [-0.1, -0.05) is 6.07 Å². The minimum absolute atomic E-state index is 0.0208. The Morgan fingerprint density at radius 3 is 2.53 bits per heavy atom. The number of amides is 2. The highest BCUT2D eigenvalue weighted by Crippen LogP contribution is 2.34. The van der Waals surface area contributed by atoms with Crippen LogP contribution in [-0.4, -0.2) is 37.8 Å². The summed E-state index contributed by atoms with van der Waals surface area (Å²) in [5.41, 5.74) is 2.51. The number of carbonyl (C=O) groups is 2. The molecule has 1 fully saturated rings. The zero-order chi connectivity index (χ0) is 24.5. The number of benzene rings is 1. The second-order valence-corrected chi connectivity index (χ2v) is 11.2. The molecule has 1 aromatic carbocycles. The minimum Gasteiger partial charge on any atom is -0.310 e. The van der Waals surface area contributed by atoms with Crippen LogP contribution in [0.2, 0.25) is 0 Å². The molecule has 0 spiro atoms. The van der Waals surface area contributed by atoms with Crippen LogP contribution >= 0.6 is 0 Å². The van der Waals surface area contributed by atoms with Gasteiger partial charge in [0.25, 0.3) is 0 Å². The van der Waals surface area contributed by atoms with E-state index in [1.807, 2.05) is 26.0 Å². The second-order valence-electron chi connectivity index (χ2n) is 9.46.